The summed E-state index contributed by atoms with van der Waals surface area (Å²) in [5, 5.41) is 9.44. The van der Waals surface area contributed by atoms with Gasteiger partial charge in [0.25, 0.3) is 5.91 Å². The number of fused-ring (bicyclic) bond motifs is 1. The van der Waals surface area contributed by atoms with Crippen molar-refractivity contribution in [3.63, 3.8) is 0 Å². The van der Waals surface area contributed by atoms with Crippen LogP contribution in [0, 0.1) is 5.82 Å². The zero-order chi connectivity index (χ0) is 23.8. The number of hydrogen-bond acceptors (Lipinski definition) is 5. The van der Waals surface area contributed by atoms with E-state index in [1.54, 1.807) is 12.1 Å². The number of halogens is 4. The summed E-state index contributed by atoms with van der Waals surface area (Å²) in [4.78, 5) is 12.9. The highest BCUT2D eigenvalue weighted by molar-refractivity contribution is 6.07. The minimum Gasteiger partial charge on any atom is -0.493 e. The first kappa shape index (κ1) is 22.4. The fraction of sp³-hybridized carbons (Fsp3) is 0.273. The van der Waals surface area contributed by atoms with Crippen molar-refractivity contribution >= 4 is 17.4 Å². The number of carbonyl (C=O) groups excluding carboxylic acids is 1. The quantitative estimate of drug-likeness (QED) is 0.523. The van der Waals surface area contributed by atoms with Gasteiger partial charge in [-0.25, -0.2) is 9.07 Å². The molecule has 33 heavy (non-hydrogen) atoms. The number of carbonyl (C=O) groups is 1. The molecule has 1 aliphatic rings. The van der Waals surface area contributed by atoms with E-state index in [-0.39, 0.29) is 17.8 Å². The summed E-state index contributed by atoms with van der Waals surface area (Å²) in [7, 11) is 2.91. The number of rotatable bonds is 5. The third-order valence-corrected chi connectivity index (χ3v) is 5.40. The Morgan fingerprint density at radius 3 is 2.45 bits per heavy atom. The highest BCUT2D eigenvalue weighted by atomic mass is 19.4. The van der Waals surface area contributed by atoms with Gasteiger partial charge in [-0.2, -0.15) is 18.3 Å². The Morgan fingerprint density at radius 2 is 1.82 bits per heavy atom. The second-order valence-corrected chi connectivity index (χ2v) is 7.42. The summed E-state index contributed by atoms with van der Waals surface area (Å²) < 4.78 is 65.9. The molecule has 1 amide bonds. The molecule has 2 aromatic carbocycles. The van der Waals surface area contributed by atoms with Crippen LogP contribution in [0.3, 0.4) is 0 Å². The smallest absolute Gasteiger partial charge is 0.410 e. The molecule has 2 atom stereocenters. The molecule has 0 radical (unpaired) electrons. The zero-order valence-electron chi connectivity index (χ0n) is 17.6. The molecule has 2 N–H and O–H groups in total. The lowest BCUT2D eigenvalue weighted by molar-refractivity contribution is -0.173. The van der Waals surface area contributed by atoms with Crippen molar-refractivity contribution in [3.8, 4) is 11.5 Å². The van der Waals surface area contributed by atoms with Gasteiger partial charge in [-0.3, -0.25) is 4.79 Å². The summed E-state index contributed by atoms with van der Waals surface area (Å²) in [5.41, 5.74) is 0.756. The van der Waals surface area contributed by atoms with Crippen molar-refractivity contribution in [1.82, 2.24) is 9.78 Å². The number of amides is 1. The summed E-state index contributed by atoms with van der Waals surface area (Å²) in [6.07, 6.45) is -3.87. The molecule has 0 spiro atoms. The average molecular weight is 464 g/mol. The molecule has 0 saturated heterocycles. The lowest BCUT2D eigenvalue weighted by Gasteiger charge is -2.34. The Bertz CT molecular complexity index is 1160. The van der Waals surface area contributed by atoms with E-state index in [2.05, 4.69) is 15.7 Å². The first-order chi connectivity index (χ1) is 15.7. The van der Waals surface area contributed by atoms with E-state index in [4.69, 9.17) is 9.47 Å². The molecule has 0 bridgehead atoms. The van der Waals surface area contributed by atoms with Gasteiger partial charge in [0, 0.05) is 18.2 Å². The van der Waals surface area contributed by atoms with Crippen LogP contribution < -0.4 is 20.1 Å². The molecule has 0 fully saturated rings. The summed E-state index contributed by atoms with van der Waals surface area (Å²) >= 11 is 0. The molecule has 0 unspecified atom stereocenters. The maximum atomic E-state index is 13.8. The molecule has 1 aliphatic heterocycles. The van der Waals surface area contributed by atoms with Gasteiger partial charge in [0.1, 0.15) is 17.2 Å². The number of nitrogens with one attached hydrogen (secondary N) is 2. The number of ether oxygens (including phenoxy) is 2. The first-order valence-electron chi connectivity index (χ1n) is 9.91. The Morgan fingerprint density at radius 1 is 1.12 bits per heavy atom. The molecular weight excluding hydrogens is 444 g/mol. The summed E-state index contributed by atoms with van der Waals surface area (Å²) in [6.45, 7) is 0. The largest absolute Gasteiger partial charge is 0.493 e. The lowest BCUT2D eigenvalue weighted by atomic mass is 9.96. The topological polar surface area (TPSA) is 77.4 Å². The SMILES string of the molecule is COc1ccc(NC(=O)c2cnn3c2N[C@H](c2ccc(F)cc2)C[C@H]3C(F)(F)F)cc1OC. The van der Waals surface area contributed by atoms with Gasteiger partial charge in [-0.05, 0) is 29.8 Å². The van der Waals surface area contributed by atoms with E-state index < -0.39 is 30.0 Å². The van der Waals surface area contributed by atoms with Gasteiger partial charge in [0.2, 0.25) is 0 Å². The number of hydrogen-bond donors (Lipinski definition) is 2. The fourth-order valence-corrected chi connectivity index (χ4v) is 3.75. The third-order valence-electron chi connectivity index (χ3n) is 5.40. The van der Waals surface area contributed by atoms with Crippen molar-refractivity contribution in [2.24, 2.45) is 0 Å². The number of aromatic nitrogens is 2. The van der Waals surface area contributed by atoms with Crippen molar-refractivity contribution in [2.75, 3.05) is 24.9 Å². The number of alkyl halides is 3. The molecule has 174 valence electrons. The Balaban J connectivity index is 1.66. The standard InChI is InChI=1S/C22H20F4N4O3/c1-32-17-8-7-14(9-18(17)33-2)28-21(31)15-11-27-30-19(22(24,25)26)10-16(29-20(15)30)12-3-5-13(23)6-4-12/h3-9,11,16,19,29H,10H2,1-2H3,(H,28,31)/t16-,19-/m0/s1. The molecular formula is C22H20F4N4O3. The predicted octanol–water partition coefficient (Wildman–Crippen LogP) is 4.95. The van der Waals surface area contributed by atoms with E-state index in [1.165, 1.54) is 44.6 Å². The molecule has 0 aliphatic carbocycles. The van der Waals surface area contributed by atoms with Crippen LogP contribution in [0.5, 0.6) is 11.5 Å². The van der Waals surface area contributed by atoms with Crippen LogP contribution in [0.1, 0.15) is 34.4 Å². The van der Waals surface area contributed by atoms with Crippen LogP contribution in [-0.2, 0) is 0 Å². The molecule has 11 heteroatoms. The van der Waals surface area contributed by atoms with Crippen LogP contribution in [0.2, 0.25) is 0 Å². The van der Waals surface area contributed by atoms with Gasteiger partial charge >= 0.3 is 6.18 Å². The first-order valence-corrected chi connectivity index (χ1v) is 9.91. The minimum atomic E-state index is -4.60. The second kappa shape index (κ2) is 8.64. The molecule has 7 nitrogen and oxygen atoms in total. The van der Waals surface area contributed by atoms with E-state index in [0.717, 1.165) is 10.9 Å². The van der Waals surface area contributed by atoms with E-state index in [9.17, 15) is 22.4 Å². The normalized spacial score (nSPS) is 17.6. The maximum absolute atomic E-state index is 13.8. The van der Waals surface area contributed by atoms with Crippen molar-refractivity contribution in [1.29, 1.82) is 0 Å². The Labute approximate surface area is 186 Å². The van der Waals surface area contributed by atoms with Gasteiger partial charge in [0.05, 0.1) is 26.5 Å². The van der Waals surface area contributed by atoms with Gasteiger partial charge in [-0.1, -0.05) is 12.1 Å². The molecule has 3 aromatic rings. The van der Waals surface area contributed by atoms with Gasteiger partial charge in [-0.15, -0.1) is 0 Å². The number of benzene rings is 2. The number of nitrogens with zero attached hydrogens (tertiary/aromatic N) is 2. The monoisotopic (exact) mass is 464 g/mol. The molecule has 2 heterocycles. The average Bonchev–Trinajstić information content (AvgIpc) is 3.22. The van der Waals surface area contributed by atoms with E-state index >= 15 is 0 Å². The van der Waals surface area contributed by atoms with Crippen molar-refractivity contribution in [2.45, 2.75) is 24.7 Å². The van der Waals surface area contributed by atoms with E-state index in [0.29, 0.717) is 22.7 Å². The van der Waals surface area contributed by atoms with Crippen LogP contribution in [0.15, 0.2) is 48.7 Å². The minimum absolute atomic E-state index is 0.0640. The predicted molar refractivity (Wildman–Crippen MR) is 112 cm³/mol. The van der Waals surface area contributed by atoms with Gasteiger partial charge < -0.3 is 20.1 Å². The van der Waals surface area contributed by atoms with Crippen LogP contribution in [-0.4, -0.2) is 36.1 Å². The fourth-order valence-electron chi connectivity index (χ4n) is 3.75. The van der Waals surface area contributed by atoms with Crippen LogP contribution >= 0.6 is 0 Å². The summed E-state index contributed by atoms with van der Waals surface area (Å²) in [6, 6.07) is 7.12. The van der Waals surface area contributed by atoms with Crippen molar-refractivity contribution < 1.29 is 31.8 Å². The Kier molecular flexibility index (Phi) is 5.88. The Hall–Kier alpha value is -3.76. The number of anilines is 2. The molecule has 4 rings (SSSR count). The lowest BCUT2D eigenvalue weighted by Crippen LogP contribution is -2.36. The summed E-state index contributed by atoms with van der Waals surface area (Å²) in [5.74, 6) is -0.399. The maximum Gasteiger partial charge on any atom is 0.410 e. The molecule has 1 aromatic heterocycles. The van der Waals surface area contributed by atoms with Crippen molar-refractivity contribution in [3.05, 3.63) is 65.6 Å². The van der Waals surface area contributed by atoms with E-state index in [1.807, 2.05) is 0 Å². The molecule has 0 saturated carbocycles. The second-order valence-electron chi connectivity index (χ2n) is 7.42. The highest BCUT2D eigenvalue weighted by Crippen LogP contribution is 2.44. The van der Waals surface area contributed by atoms with Crippen LogP contribution in [0.25, 0.3) is 0 Å². The third kappa shape index (κ3) is 4.43. The number of methoxy groups -OCH3 is 2. The highest BCUT2D eigenvalue weighted by Gasteiger charge is 2.47. The van der Waals surface area contributed by atoms with Crippen LogP contribution in [0.4, 0.5) is 29.1 Å². The zero-order valence-corrected chi connectivity index (χ0v) is 17.6. The van der Waals surface area contributed by atoms with Gasteiger partial charge in [0.15, 0.2) is 17.5 Å².